The summed E-state index contributed by atoms with van der Waals surface area (Å²) in [5, 5.41) is 0. The fourth-order valence-corrected chi connectivity index (χ4v) is 0.201. The van der Waals surface area contributed by atoms with Crippen molar-refractivity contribution in [3.05, 3.63) is 12.7 Å². The highest BCUT2D eigenvalue weighted by molar-refractivity contribution is 5.81. The van der Waals surface area contributed by atoms with E-state index in [2.05, 4.69) is 16.1 Å². The average Bonchev–Trinajstić information content (AvgIpc) is 2.05. The molecule has 0 radical (unpaired) electrons. The Labute approximate surface area is 67.0 Å². The van der Waals surface area contributed by atoms with Crippen LogP contribution < -0.4 is 5.73 Å². The molecule has 66 valence electrons. The minimum Gasteiger partial charge on any atom is -0.463 e. The van der Waals surface area contributed by atoms with E-state index in [1.165, 1.54) is 0 Å². The number of carbonyl (C=O) groups excluding carboxylic acids is 1. The second-order valence-electron chi connectivity index (χ2n) is 1.41. The van der Waals surface area contributed by atoms with E-state index in [-0.39, 0.29) is 5.97 Å². The molecule has 0 fully saturated rings. The molecule has 4 heteroatoms. The van der Waals surface area contributed by atoms with Gasteiger partial charge >= 0.3 is 5.97 Å². The van der Waals surface area contributed by atoms with Crippen LogP contribution in [0.25, 0.3) is 0 Å². The van der Waals surface area contributed by atoms with Crippen LogP contribution in [0, 0.1) is 0 Å². The van der Waals surface area contributed by atoms with Crippen molar-refractivity contribution in [2.24, 2.45) is 5.73 Å². The third kappa shape index (κ3) is 17.6. The molecule has 0 bridgehead atoms. The zero-order valence-corrected chi connectivity index (χ0v) is 7.00. The summed E-state index contributed by atoms with van der Waals surface area (Å²) in [7, 11) is 1.56. The van der Waals surface area contributed by atoms with Gasteiger partial charge in [-0.05, 0) is 6.92 Å². The number of hydrogen-bond acceptors (Lipinski definition) is 4. The van der Waals surface area contributed by atoms with E-state index in [1.54, 1.807) is 14.0 Å². The molecule has 0 unspecified atom stereocenters. The zero-order valence-electron chi connectivity index (χ0n) is 7.00. The Hall–Kier alpha value is -0.870. The number of nitrogens with two attached hydrogens (primary N) is 1. The first kappa shape index (κ1) is 12.8. The molecule has 0 atom stereocenters. The number of hydrogen-bond donors (Lipinski definition) is 1. The maximum absolute atomic E-state index is 10.1. The van der Waals surface area contributed by atoms with Crippen molar-refractivity contribution in [1.29, 1.82) is 0 Å². The Kier molecular flexibility index (Phi) is 13.8. The molecule has 0 aliphatic carbocycles. The van der Waals surface area contributed by atoms with Gasteiger partial charge in [-0.15, -0.1) is 0 Å². The summed E-state index contributed by atoms with van der Waals surface area (Å²) in [4.78, 5) is 10.1. The Morgan fingerprint density at radius 2 is 2.18 bits per heavy atom. The molecule has 0 spiro atoms. The minimum atomic E-state index is -0.359. The van der Waals surface area contributed by atoms with Crippen LogP contribution in [0.2, 0.25) is 0 Å². The molecule has 0 amide bonds. The molecule has 0 aromatic rings. The normalized spacial score (nSPS) is 7.55. The Morgan fingerprint density at radius 3 is 2.27 bits per heavy atom. The lowest BCUT2D eigenvalue weighted by Gasteiger charge is -1.90. The van der Waals surface area contributed by atoms with Crippen LogP contribution in [0.3, 0.4) is 0 Å². The van der Waals surface area contributed by atoms with Crippen LogP contribution in [-0.2, 0) is 14.3 Å². The van der Waals surface area contributed by atoms with Gasteiger partial charge in [-0.3, -0.25) is 0 Å². The SMILES string of the molecule is C=CC(=O)OCC.COCN. The molecule has 0 aliphatic heterocycles. The van der Waals surface area contributed by atoms with Gasteiger partial charge in [-0.25, -0.2) is 4.79 Å². The molecular formula is C7H15NO3. The van der Waals surface area contributed by atoms with Crippen molar-refractivity contribution in [2.45, 2.75) is 6.92 Å². The van der Waals surface area contributed by atoms with Gasteiger partial charge in [0.15, 0.2) is 0 Å². The summed E-state index contributed by atoms with van der Waals surface area (Å²) in [6, 6.07) is 0. The van der Waals surface area contributed by atoms with Crippen molar-refractivity contribution in [2.75, 3.05) is 20.4 Å². The molecular weight excluding hydrogens is 146 g/mol. The lowest BCUT2D eigenvalue weighted by molar-refractivity contribution is -0.137. The maximum atomic E-state index is 10.1. The highest BCUT2D eigenvalue weighted by Crippen LogP contribution is 1.74. The fraction of sp³-hybridized carbons (Fsp3) is 0.571. The van der Waals surface area contributed by atoms with Gasteiger partial charge in [0.1, 0.15) is 0 Å². The maximum Gasteiger partial charge on any atom is 0.330 e. The largest absolute Gasteiger partial charge is 0.463 e. The van der Waals surface area contributed by atoms with Gasteiger partial charge in [0, 0.05) is 13.2 Å². The Morgan fingerprint density at radius 1 is 1.73 bits per heavy atom. The third-order valence-electron chi connectivity index (χ3n) is 0.620. The molecule has 4 nitrogen and oxygen atoms in total. The molecule has 0 heterocycles. The van der Waals surface area contributed by atoms with Crippen LogP contribution in [0.5, 0.6) is 0 Å². The molecule has 0 aromatic heterocycles. The quantitative estimate of drug-likeness (QED) is 0.367. The molecule has 2 N–H and O–H groups in total. The fourth-order valence-electron chi connectivity index (χ4n) is 0.201. The lowest BCUT2D eigenvalue weighted by Crippen LogP contribution is -1.98. The van der Waals surface area contributed by atoms with E-state index >= 15 is 0 Å². The van der Waals surface area contributed by atoms with Crippen molar-refractivity contribution in [3.8, 4) is 0 Å². The number of rotatable bonds is 3. The summed E-state index contributed by atoms with van der Waals surface area (Å²) in [5.74, 6) is -0.359. The van der Waals surface area contributed by atoms with E-state index < -0.39 is 0 Å². The van der Waals surface area contributed by atoms with Crippen LogP contribution in [0.15, 0.2) is 12.7 Å². The second kappa shape index (κ2) is 11.9. The lowest BCUT2D eigenvalue weighted by atomic mass is 10.6. The summed E-state index contributed by atoms with van der Waals surface area (Å²) in [5.41, 5.74) is 4.81. The molecule has 0 saturated carbocycles. The van der Waals surface area contributed by atoms with Gasteiger partial charge in [0.05, 0.1) is 13.3 Å². The Balaban J connectivity index is 0. The monoisotopic (exact) mass is 161 g/mol. The highest BCUT2D eigenvalue weighted by Gasteiger charge is 1.86. The second-order valence-corrected chi connectivity index (χ2v) is 1.41. The van der Waals surface area contributed by atoms with Crippen molar-refractivity contribution in [3.63, 3.8) is 0 Å². The predicted octanol–water partition coefficient (Wildman–Crippen LogP) is 0.284. The van der Waals surface area contributed by atoms with Crippen molar-refractivity contribution in [1.82, 2.24) is 0 Å². The summed E-state index contributed by atoms with van der Waals surface area (Å²) >= 11 is 0. The number of ether oxygens (including phenoxy) is 2. The average molecular weight is 161 g/mol. The summed E-state index contributed by atoms with van der Waals surface area (Å²) in [6.45, 7) is 5.70. The molecule has 0 aromatic carbocycles. The van der Waals surface area contributed by atoms with Crippen LogP contribution in [0.1, 0.15) is 6.92 Å². The van der Waals surface area contributed by atoms with Crippen molar-refractivity contribution < 1.29 is 14.3 Å². The van der Waals surface area contributed by atoms with Gasteiger partial charge in [-0.1, -0.05) is 6.58 Å². The Bertz CT molecular complexity index is 102. The van der Waals surface area contributed by atoms with Gasteiger partial charge in [-0.2, -0.15) is 0 Å². The minimum absolute atomic E-state index is 0.319. The van der Waals surface area contributed by atoms with Crippen LogP contribution in [-0.4, -0.2) is 26.4 Å². The van der Waals surface area contributed by atoms with E-state index in [0.717, 1.165) is 6.08 Å². The van der Waals surface area contributed by atoms with Gasteiger partial charge < -0.3 is 15.2 Å². The first-order valence-electron chi connectivity index (χ1n) is 3.21. The summed E-state index contributed by atoms with van der Waals surface area (Å²) in [6.07, 6.45) is 1.14. The third-order valence-corrected chi connectivity index (χ3v) is 0.620. The van der Waals surface area contributed by atoms with E-state index in [1.807, 2.05) is 0 Å². The topological polar surface area (TPSA) is 61.5 Å². The van der Waals surface area contributed by atoms with E-state index in [4.69, 9.17) is 5.73 Å². The molecule has 0 rings (SSSR count). The first-order chi connectivity index (χ1) is 5.22. The molecule has 0 saturated heterocycles. The van der Waals surface area contributed by atoms with Crippen LogP contribution >= 0.6 is 0 Å². The van der Waals surface area contributed by atoms with Gasteiger partial charge in [0.2, 0.25) is 0 Å². The smallest absolute Gasteiger partial charge is 0.330 e. The number of methoxy groups -OCH3 is 1. The van der Waals surface area contributed by atoms with Gasteiger partial charge in [0.25, 0.3) is 0 Å². The number of carbonyl (C=O) groups is 1. The standard InChI is InChI=1S/C5H8O2.C2H7NO/c1-3-5(6)7-4-2;1-4-2-3/h3H,1,4H2,2H3;2-3H2,1H3. The van der Waals surface area contributed by atoms with Crippen molar-refractivity contribution >= 4 is 5.97 Å². The first-order valence-corrected chi connectivity index (χ1v) is 3.21. The van der Waals surface area contributed by atoms with E-state index in [9.17, 15) is 4.79 Å². The predicted molar refractivity (Wildman–Crippen MR) is 42.9 cm³/mol. The summed E-state index contributed by atoms with van der Waals surface area (Å²) < 4.78 is 8.75. The zero-order chi connectivity index (χ0) is 9.11. The molecule has 11 heavy (non-hydrogen) atoms. The van der Waals surface area contributed by atoms with Crippen LogP contribution in [0.4, 0.5) is 0 Å². The molecule has 0 aliphatic rings. The highest BCUT2D eigenvalue weighted by atomic mass is 16.5. The number of esters is 1. The van der Waals surface area contributed by atoms with E-state index in [0.29, 0.717) is 13.3 Å².